The van der Waals surface area contributed by atoms with Crippen molar-refractivity contribution in [3.05, 3.63) is 46.8 Å². The third-order valence-corrected chi connectivity index (χ3v) is 1.73. The molecule has 1 rings (SSSR count). The number of benzene rings is 1. The molecule has 0 aliphatic rings. The van der Waals surface area contributed by atoms with E-state index in [1.165, 1.54) is 18.3 Å². The van der Waals surface area contributed by atoms with E-state index in [1.807, 2.05) is 0 Å². The molecule has 82 valence electrons. The first-order valence-corrected chi connectivity index (χ1v) is 4.28. The third-order valence-electron chi connectivity index (χ3n) is 1.73. The van der Waals surface area contributed by atoms with Crippen LogP contribution in [-0.4, -0.2) is 12.1 Å². The molecule has 5 nitrogen and oxygen atoms in total. The monoisotopic (exact) mass is 221 g/mol. The highest BCUT2D eigenvalue weighted by molar-refractivity contribution is 6.00. The molecule has 0 unspecified atom stereocenters. The van der Waals surface area contributed by atoms with E-state index in [2.05, 4.69) is 10.5 Å². The van der Waals surface area contributed by atoms with E-state index in [0.717, 1.165) is 18.3 Å². The Morgan fingerprint density at radius 3 is 2.88 bits per heavy atom. The maximum Gasteiger partial charge on any atom is 0.318 e. The van der Waals surface area contributed by atoms with Gasteiger partial charge in [0.05, 0.1) is 11.3 Å². The van der Waals surface area contributed by atoms with Gasteiger partial charge in [0.25, 0.3) is 0 Å². The fourth-order valence-electron chi connectivity index (χ4n) is 1.05. The molecule has 6 heteroatoms. The van der Waals surface area contributed by atoms with Gasteiger partial charge in [0.1, 0.15) is 5.82 Å². The van der Waals surface area contributed by atoms with E-state index in [0.29, 0.717) is 0 Å². The standard InChI is InChI=1S/C10H8FN3O2/c11-7-2-3-9(13-5-1-4-12)8(6-7)10(15)14-16/h1-6,12-13H/b5-1-,12-4?. The minimum absolute atomic E-state index is 0.148. The summed E-state index contributed by atoms with van der Waals surface area (Å²) < 4.78 is 12.9. The quantitative estimate of drug-likeness (QED) is 0.604. The highest BCUT2D eigenvalue weighted by Gasteiger charge is 2.12. The van der Waals surface area contributed by atoms with Crippen LogP contribution in [0.4, 0.5) is 10.1 Å². The first-order chi connectivity index (χ1) is 7.69. The Morgan fingerprint density at radius 1 is 1.50 bits per heavy atom. The van der Waals surface area contributed by atoms with Crippen LogP contribution >= 0.6 is 0 Å². The van der Waals surface area contributed by atoms with Gasteiger partial charge in [0, 0.05) is 17.6 Å². The van der Waals surface area contributed by atoms with Crippen molar-refractivity contribution >= 4 is 17.8 Å². The van der Waals surface area contributed by atoms with Gasteiger partial charge in [-0.05, 0) is 24.3 Å². The summed E-state index contributed by atoms with van der Waals surface area (Å²) in [7, 11) is 0. The Kier molecular flexibility index (Phi) is 4.02. The zero-order chi connectivity index (χ0) is 12.0. The molecule has 0 saturated carbocycles. The number of rotatable bonds is 4. The van der Waals surface area contributed by atoms with Crippen molar-refractivity contribution in [2.24, 2.45) is 5.18 Å². The van der Waals surface area contributed by atoms with E-state index in [-0.39, 0.29) is 11.3 Å². The first-order valence-electron chi connectivity index (χ1n) is 4.28. The predicted molar refractivity (Wildman–Crippen MR) is 58.1 cm³/mol. The van der Waals surface area contributed by atoms with Crippen LogP contribution in [0.5, 0.6) is 0 Å². The molecule has 0 atom stereocenters. The summed E-state index contributed by atoms with van der Waals surface area (Å²) in [6, 6.07) is 3.37. The second-order valence-electron chi connectivity index (χ2n) is 2.76. The van der Waals surface area contributed by atoms with Crippen LogP contribution in [0.2, 0.25) is 0 Å². The van der Waals surface area contributed by atoms with E-state index < -0.39 is 11.7 Å². The molecule has 2 N–H and O–H groups in total. The molecule has 0 bridgehead atoms. The second kappa shape index (κ2) is 5.50. The smallest absolute Gasteiger partial charge is 0.318 e. The van der Waals surface area contributed by atoms with E-state index >= 15 is 0 Å². The highest BCUT2D eigenvalue weighted by atomic mass is 19.1. The van der Waals surface area contributed by atoms with Gasteiger partial charge in [0.15, 0.2) is 0 Å². The number of carbonyl (C=O) groups excluding carboxylic acids is 1. The van der Waals surface area contributed by atoms with Crippen molar-refractivity contribution in [2.45, 2.75) is 0 Å². The number of nitrogens with zero attached hydrogens (tertiary/aromatic N) is 1. The van der Waals surface area contributed by atoms with Gasteiger partial charge < -0.3 is 10.7 Å². The van der Waals surface area contributed by atoms with E-state index in [9.17, 15) is 14.1 Å². The van der Waals surface area contributed by atoms with E-state index in [1.54, 1.807) is 0 Å². The molecule has 0 aliphatic carbocycles. The van der Waals surface area contributed by atoms with Crippen molar-refractivity contribution < 1.29 is 9.18 Å². The van der Waals surface area contributed by atoms with Gasteiger partial charge in [0.2, 0.25) is 0 Å². The lowest BCUT2D eigenvalue weighted by Gasteiger charge is -2.04. The number of hydrogen-bond acceptors (Lipinski definition) is 4. The summed E-state index contributed by atoms with van der Waals surface area (Å²) >= 11 is 0. The average Bonchev–Trinajstić information content (AvgIpc) is 2.30. The number of anilines is 1. The number of carbonyl (C=O) groups is 1. The fourth-order valence-corrected chi connectivity index (χ4v) is 1.05. The Labute approximate surface area is 90.5 Å². The highest BCUT2D eigenvalue weighted by Crippen LogP contribution is 2.18. The van der Waals surface area contributed by atoms with Crippen LogP contribution in [0.25, 0.3) is 0 Å². The van der Waals surface area contributed by atoms with Gasteiger partial charge >= 0.3 is 5.91 Å². The summed E-state index contributed by atoms with van der Waals surface area (Å²) in [5, 5.41) is 11.6. The molecule has 0 fully saturated rings. The van der Waals surface area contributed by atoms with Gasteiger partial charge in [-0.25, -0.2) is 4.39 Å². The predicted octanol–water partition coefficient (Wildman–Crippen LogP) is 2.31. The Hall–Kier alpha value is -2.37. The van der Waals surface area contributed by atoms with Gasteiger partial charge in [-0.15, -0.1) is 4.91 Å². The van der Waals surface area contributed by atoms with Crippen LogP contribution < -0.4 is 5.32 Å². The van der Waals surface area contributed by atoms with Crippen LogP contribution in [0.3, 0.4) is 0 Å². The number of halogens is 1. The molecule has 0 aromatic heterocycles. The Balaban J connectivity index is 3.06. The zero-order valence-electron chi connectivity index (χ0n) is 8.11. The van der Waals surface area contributed by atoms with Crippen molar-refractivity contribution in [3.63, 3.8) is 0 Å². The summed E-state index contributed by atoms with van der Waals surface area (Å²) in [5.41, 5.74) is 0.105. The average molecular weight is 221 g/mol. The molecule has 1 aromatic carbocycles. The van der Waals surface area contributed by atoms with Crippen molar-refractivity contribution in [1.82, 2.24) is 0 Å². The molecular weight excluding hydrogens is 213 g/mol. The molecule has 1 amide bonds. The van der Waals surface area contributed by atoms with E-state index in [4.69, 9.17) is 5.41 Å². The number of allylic oxidation sites excluding steroid dienone is 1. The zero-order valence-corrected chi connectivity index (χ0v) is 8.11. The lowest BCUT2D eigenvalue weighted by molar-refractivity contribution is 0.100. The first kappa shape index (κ1) is 11.7. The van der Waals surface area contributed by atoms with Crippen LogP contribution in [0.1, 0.15) is 10.4 Å². The second-order valence-corrected chi connectivity index (χ2v) is 2.76. The van der Waals surface area contributed by atoms with Crippen LogP contribution in [0, 0.1) is 16.1 Å². The van der Waals surface area contributed by atoms with Gasteiger partial charge in [-0.3, -0.25) is 4.79 Å². The topological polar surface area (TPSA) is 82.4 Å². The number of nitroso groups, excluding NO2 is 1. The maximum absolute atomic E-state index is 12.9. The van der Waals surface area contributed by atoms with Crippen molar-refractivity contribution in [2.75, 3.05) is 5.32 Å². The molecular formula is C10H8FN3O2. The van der Waals surface area contributed by atoms with Crippen LogP contribution in [0.15, 0.2) is 35.7 Å². The van der Waals surface area contributed by atoms with Gasteiger partial charge in [-0.2, -0.15) is 0 Å². The number of amides is 1. The number of hydrogen-bond donors (Lipinski definition) is 2. The SMILES string of the molecule is N=C/C=C\Nc1ccc(F)cc1C(=O)N=O. The Bertz CT molecular complexity index is 457. The third kappa shape index (κ3) is 2.81. The largest absolute Gasteiger partial charge is 0.361 e. The molecule has 1 aromatic rings. The van der Waals surface area contributed by atoms with Crippen LogP contribution in [-0.2, 0) is 0 Å². The minimum atomic E-state index is -1.05. The summed E-state index contributed by atoms with van der Waals surface area (Å²) in [6.45, 7) is 0. The normalized spacial score (nSPS) is 10.1. The molecule has 0 heterocycles. The Morgan fingerprint density at radius 2 is 2.25 bits per heavy atom. The number of nitrogens with one attached hydrogen (secondary N) is 2. The van der Waals surface area contributed by atoms with Crippen molar-refractivity contribution in [1.29, 1.82) is 5.41 Å². The summed E-state index contributed by atoms with van der Waals surface area (Å²) in [6.07, 6.45) is 3.77. The molecule has 0 aliphatic heterocycles. The lowest BCUT2D eigenvalue weighted by atomic mass is 10.1. The lowest BCUT2D eigenvalue weighted by Crippen LogP contribution is -2.01. The molecule has 0 spiro atoms. The molecule has 0 radical (unpaired) electrons. The molecule has 16 heavy (non-hydrogen) atoms. The maximum atomic E-state index is 12.9. The van der Waals surface area contributed by atoms with Gasteiger partial charge in [-0.1, -0.05) is 0 Å². The molecule has 0 saturated heterocycles. The minimum Gasteiger partial charge on any atom is -0.361 e. The summed E-state index contributed by atoms with van der Waals surface area (Å²) in [4.78, 5) is 21.2. The van der Waals surface area contributed by atoms with Crippen molar-refractivity contribution in [3.8, 4) is 0 Å². The summed E-state index contributed by atoms with van der Waals surface area (Å²) in [5.74, 6) is -1.68. The fraction of sp³-hybridized carbons (Fsp3) is 0.